The van der Waals surface area contributed by atoms with Gasteiger partial charge in [0, 0.05) is 38.3 Å². The van der Waals surface area contributed by atoms with Crippen LogP contribution in [0.4, 0.5) is 4.79 Å². The van der Waals surface area contributed by atoms with E-state index in [1.54, 1.807) is 0 Å². The van der Waals surface area contributed by atoms with Crippen LogP contribution in [0.2, 0.25) is 0 Å². The van der Waals surface area contributed by atoms with Crippen molar-refractivity contribution in [2.45, 2.75) is 108 Å². The second kappa shape index (κ2) is 12.7. The van der Waals surface area contributed by atoms with Crippen LogP contribution in [0.1, 0.15) is 85.5 Å². The molecular weight excluding hydrogens is 500 g/mol. The van der Waals surface area contributed by atoms with Gasteiger partial charge in [0.2, 0.25) is 5.91 Å². The molecule has 0 spiro atoms. The van der Waals surface area contributed by atoms with Crippen molar-refractivity contribution in [1.29, 1.82) is 0 Å². The number of carbonyl (C=O) groups excluding carboxylic acids is 3. The van der Waals surface area contributed by atoms with Gasteiger partial charge in [-0.05, 0) is 72.1 Å². The molecule has 3 saturated heterocycles. The summed E-state index contributed by atoms with van der Waals surface area (Å²) in [6, 6.07) is -0.527. The quantitative estimate of drug-likeness (QED) is 0.422. The molecule has 10 heteroatoms. The van der Waals surface area contributed by atoms with Gasteiger partial charge in [0.25, 0.3) is 0 Å². The summed E-state index contributed by atoms with van der Waals surface area (Å²) < 4.78 is 17.0. The summed E-state index contributed by atoms with van der Waals surface area (Å²) in [5, 5.41) is 6.36. The Morgan fingerprint density at radius 3 is 2.23 bits per heavy atom. The Hall–Kier alpha value is -1.91. The smallest absolute Gasteiger partial charge is 0.408 e. The van der Waals surface area contributed by atoms with Gasteiger partial charge in [-0.3, -0.25) is 19.8 Å². The van der Waals surface area contributed by atoms with E-state index in [1.807, 2.05) is 32.6 Å². The molecule has 1 atom stereocenters. The highest BCUT2D eigenvalue weighted by Crippen LogP contribution is 2.44. The third-order valence-corrected chi connectivity index (χ3v) is 8.94. The number of hydrogen-bond donors (Lipinski definition) is 2. The highest BCUT2D eigenvalue weighted by Gasteiger charge is 2.50. The van der Waals surface area contributed by atoms with Crippen molar-refractivity contribution in [2.24, 2.45) is 5.92 Å². The average Bonchev–Trinajstić information content (AvgIpc) is 2.91. The lowest BCUT2D eigenvalue weighted by molar-refractivity contribution is -0.175. The summed E-state index contributed by atoms with van der Waals surface area (Å²) in [6.07, 6.45) is 8.70. The Morgan fingerprint density at radius 2 is 1.67 bits per heavy atom. The topological polar surface area (TPSA) is 109 Å². The largest absolute Gasteiger partial charge is 0.465 e. The third kappa shape index (κ3) is 8.07. The molecule has 0 aromatic heterocycles. The molecule has 222 valence electrons. The van der Waals surface area contributed by atoms with Gasteiger partial charge in [0.15, 0.2) is 0 Å². The van der Waals surface area contributed by atoms with Crippen LogP contribution in [0, 0.1) is 5.92 Å². The highest BCUT2D eigenvalue weighted by atomic mass is 16.6. The van der Waals surface area contributed by atoms with Crippen molar-refractivity contribution < 1.29 is 28.6 Å². The lowest BCUT2D eigenvalue weighted by atomic mass is 9.71. The monoisotopic (exact) mass is 550 g/mol. The molecule has 3 heterocycles. The second-order valence-corrected chi connectivity index (χ2v) is 13.0. The first-order valence-corrected chi connectivity index (χ1v) is 15.1. The van der Waals surface area contributed by atoms with E-state index in [-0.39, 0.29) is 35.5 Å². The van der Waals surface area contributed by atoms with E-state index in [1.165, 1.54) is 6.42 Å². The van der Waals surface area contributed by atoms with Crippen LogP contribution in [0.25, 0.3) is 0 Å². The number of carbonyl (C=O) groups is 3. The number of nitrogens with one attached hydrogen (secondary N) is 2. The summed E-state index contributed by atoms with van der Waals surface area (Å²) in [5.41, 5.74) is -0.885. The molecule has 2 saturated carbocycles. The second-order valence-electron chi connectivity index (χ2n) is 13.0. The predicted molar refractivity (Wildman–Crippen MR) is 147 cm³/mol. The predicted octanol–water partition coefficient (Wildman–Crippen LogP) is 2.84. The van der Waals surface area contributed by atoms with Crippen molar-refractivity contribution in [3.8, 4) is 0 Å². The number of esters is 1. The zero-order valence-corrected chi connectivity index (χ0v) is 24.5. The summed E-state index contributed by atoms with van der Waals surface area (Å²) in [6.45, 7) is 12.3. The lowest BCUT2D eigenvalue weighted by Crippen LogP contribution is -2.65. The summed E-state index contributed by atoms with van der Waals surface area (Å²) >= 11 is 0. The van der Waals surface area contributed by atoms with Gasteiger partial charge in [-0.2, -0.15) is 0 Å². The number of alkyl carbamates (subject to hydrolysis) is 1. The summed E-state index contributed by atoms with van der Waals surface area (Å²) in [5.74, 6) is -0.0328. The molecule has 2 N–H and O–H groups in total. The minimum Gasteiger partial charge on any atom is -0.465 e. The van der Waals surface area contributed by atoms with Crippen LogP contribution in [-0.4, -0.2) is 103 Å². The fourth-order valence-corrected chi connectivity index (χ4v) is 6.68. The van der Waals surface area contributed by atoms with Gasteiger partial charge >= 0.3 is 12.1 Å². The summed E-state index contributed by atoms with van der Waals surface area (Å²) in [7, 11) is 0. The Kier molecular flexibility index (Phi) is 9.81. The Bertz CT molecular complexity index is 836. The molecule has 2 aliphatic carbocycles. The number of amides is 2. The first kappa shape index (κ1) is 30.1. The Balaban J connectivity index is 1.27. The standard InChI is InChI=1S/C29H50N4O6/c1-5-37-23(34)19-30-28-11-13-29(14-12-28,38-21-28)20-32-15-17-33(18-16-32)25(35)24(22-9-7-6-8-10-22)31-26(36)39-27(2,3)4/h22,24,30H,5-21H2,1-4H3,(H,31,36)/t24-,28?,29?/m1/s1. The summed E-state index contributed by atoms with van der Waals surface area (Å²) in [4.78, 5) is 42.5. The first-order valence-electron chi connectivity index (χ1n) is 15.1. The molecule has 10 nitrogen and oxygen atoms in total. The van der Waals surface area contributed by atoms with Crippen LogP contribution in [-0.2, 0) is 23.8 Å². The number of nitrogens with zero attached hydrogens (tertiary/aromatic N) is 2. The highest BCUT2D eigenvalue weighted by molar-refractivity contribution is 5.86. The van der Waals surface area contributed by atoms with E-state index in [2.05, 4.69) is 15.5 Å². The molecule has 5 aliphatic rings. The van der Waals surface area contributed by atoms with E-state index in [4.69, 9.17) is 14.2 Å². The van der Waals surface area contributed by atoms with Crippen molar-refractivity contribution in [2.75, 3.05) is 52.5 Å². The minimum atomic E-state index is -0.605. The normalized spacial score (nSPS) is 29.1. The van der Waals surface area contributed by atoms with Crippen LogP contribution >= 0.6 is 0 Å². The zero-order chi connectivity index (χ0) is 28.1. The molecular formula is C29H50N4O6. The first-order chi connectivity index (χ1) is 18.5. The number of ether oxygens (including phenoxy) is 3. The Labute approximate surface area is 233 Å². The fraction of sp³-hybridized carbons (Fsp3) is 0.897. The van der Waals surface area contributed by atoms with E-state index in [0.29, 0.717) is 26.3 Å². The molecule has 2 amide bonds. The number of piperazine rings is 1. The van der Waals surface area contributed by atoms with E-state index >= 15 is 0 Å². The van der Waals surface area contributed by atoms with E-state index < -0.39 is 17.7 Å². The zero-order valence-electron chi connectivity index (χ0n) is 24.5. The van der Waals surface area contributed by atoms with Gasteiger partial charge in [-0.15, -0.1) is 0 Å². The molecule has 5 fully saturated rings. The third-order valence-electron chi connectivity index (χ3n) is 8.94. The molecule has 39 heavy (non-hydrogen) atoms. The van der Waals surface area contributed by atoms with Gasteiger partial charge < -0.3 is 24.4 Å². The number of rotatable bonds is 9. The maximum Gasteiger partial charge on any atom is 0.408 e. The SMILES string of the molecule is CCOC(=O)CNC12CCC(CN3CCN(C(=O)[C@H](NC(=O)OC(C)(C)C)C4CCCCC4)CC3)(CC1)OC2. The molecule has 2 bridgehead atoms. The van der Waals surface area contributed by atoms with Crippen molar-refractivity contribution in [3.05, 3.63) is 0 Å². The van der Waals surface area contributed by atoms with Crippen LogP contribution in [0.5, 0.6) is 0 Å². The molecule has 5 rings (SSSR count). The van der Waals surface area contributed by atoms with Gasteiger partial charge in [0.1, 0.15) is 11.6 Å². The van der Waals surface area contributed by atoms with E-state index in [0.717, 1.165) is 71.0 Å². The average molecular weight is 551 g/mol. The Morgan fingerprint density at radius 1 is 1.00 bits per heavy atom. The molecule has 3 aliphatic heterocycles. The fourth-order valence-electron chi connectivity index (χ4n) is 6.68. The van der Waals surface area contributed by atoms with Crippen molar-refractivity contribution in [3.63, 3.8) is 0 Å². The van der Waals surface area contributed by atoms with Gasteiger partial charge in [0.05, 0.1) is 25.4 Å². The molecule has 0 aromatic carbocycles. The molecule has 0 unspecified atom stereocenters. The van der Waals surface area contributed by atoms with Gasteiger partial charge in [-0.1, -0.05) is 19.3 Å². The minimum absolute atomic E-state index is 0.0228. The number of hydrogen-bond acceptors (Lipinski definition) is 8. The lowest BCUT2D eigenvalue weighted by Gasteiger charge is -2.55. The van der Waals surface area contributed by atoms with Crippen LogP contribution in [0.3, 0.4) is 0 Å². The van der Waals surface area contributed by atoms with Gasteiger partial charge in [-0.25, -0.2) is 4.79 Å². The molecule has 0 radical (unpaired) electrons. The maximum absolute atomic E-state index is 13.7. The molecule has 0 aromatic rings. The van der Waals surface area contributed by atoms with E-state index in [9.17, 15) is 14.4 Å². The van der Waals surface area contributed by atoms with Crippen LogP contribution < -0.4 is 10.6 Å². The maximum atomic E-state index is 13.7. The van der Waals surface area contributed by atoms with Crippen LogP contribution in [0.15, 0.2) is 0 Å². The number of fused-ring (bicyclic) bond motifs is 3. The van der Waals surface area contributed by atoms with Crippen molar-refractivity contribution >= 4 is 18.0 Å². The van der Waals surface area contributed by atoms with Crippen molar-refractivity contribution in [1.82, 2.24) is 20.4 Å².